The summed E-state index contributed by atoms with van der Waals surface area (Å²) in [7, 11) is 1.48. The fraction of sp³-hybridized carbons (Fsp3) is 0.500. The second-order valence-corrected chi connectivity index (χ2v) is 5.70. The SMILES string of the molecule is COC(C)(C)C(=O)Nc1ccc(OCC(C)C)c(C#N)c1. The van der Waals surface area contributed by atoms with Gasteiger partial charge in [0, 0.05) is 12.8 Å². The second-order valence-electron chi connectivity index (χ2n) is 5.70. The predicted octanol–water partition coefficient (Wildman–Crippen LogP) is 2.96. The van der Waals surface area contributed by atoms with Crippen molar-refractivity contribution in [1.29, 1.82) is 5.26 Å². The van der Waals surface area contributed by atoms with Crippen LogP contribution in [0.1, 0.15) is 33.3 Å². The summed E-state index contributed by atoms with van der Waals surface area (Å²) in [6.45, 7) is 7.96. The molecule has 1 rings (SSSR count). The number of benzene rings is 1. The molecule has 5 nitrogen and oxygen atoms in total. The lowest BCUT2D eigenvalue weighted by Gasteiger charge is -2.21. The Morgan fingerprint density at radius 2 is 2.10 bits per heavy atom. The highest BCUT2D eigenvalue weighted by Gasteiger charge is 2.27. The lowest BCUT2D eigenvalue weighted by atomic mass is 10.1. The number of rotatable bonds is 6. The minimum atomic E-state index is -0.931. The van der Waals surface area contributed by atoms with E-state index in [0.717, 1.165) is 0 Å². The van der Waals surface area contributed by atoms with Crippen molar-refractivity contribution in [3.63, 3.8) is 0 Å². The number of methoxy groups -OCH3 is 1. The first-order valence-corrected chi connectivity index (χ1v) is 6.83. The van der Waals surface area contributed by atoms with Crippen LogP contribution in [-0.2, 0) is 9.53 Å². The molecule has 114 valence electrons. The summed E-state index contributed by atoms with van der Waals surface area (Å²) < 4.78 is 10.7. The van der Waals surface area contributed by atoms with Gasteiger partial charge in [-0.1, -0.05) is 13.8 Å². The number of anilines is 1. The first-order chi connectivity index (χ1) is 9.80. The molecule has 5 heteroatoms. The molecular weight excluding hydrogens is 268 g/mol. The van der Waals surface area contributed by atoms with Crippen LogP contribution >= 0.6 is 0 Å². The van der Waals surface area contributed by atoms with Crippen molar-refractivity contribution in [2.45, 2.75) is 33.3 Å². The average Bonchev–Trinajstić information content (AvgIpc) is 2.45. The van der Waals surface area contributed by atoms with Crippen molar-refractivity contribution in [3.8, 4) is 11.8 Å². The molecule has 0 unspecified atom stereocenters. The van der Waals surface area contributed by atoms with Gasteiger partial charge in [-0.05, 0) is 38.0 Å². The molecule has 0 fully saturated rings. The van der Waals surface area contributed by atoms with E-state index in [1.165, 1.54) is 7.11 Å². The summed E-state index contributed by atoms with van der Waals surface area (Å²) in [6, 6.07) is 7.07. The zero-order chi connectivity index (χ0) is 16.0. The molecule has 0 bridgehead atoms. The fourth-order valence-electron chi connectivity index (χ4n) is 1.45. The molecular formula is C16H22N2O3. The summed E-state index contributed by atoms with van der Waals surface area (Å²) in [6.07, 6.45) is 0. The van der Waals surface area contributed by atoms with Gasteiger partial charge in [0.25, 0.3) is 5.91 Å². The van der Waals surface area contributed by atoms with Crippen LogP contribution in [0.4, 0.5) is 5.69 Å². The highest BCUT2D eigenvalue weighted by Crippen LogP contribution is 2.23. The fourth-order valence-corrected chi connectivity index (χ4v) is 1.45. The first-order valence-electron chi connectivity index (χ1n) is 6.83. The van der Waals surface area contributed by atoms with Crippen molar-refractivity contribution in [1.82, 2.24) is 0 Å². The summed E-state index contributed by atoms with van der Waals surface area (Å²) in [4.78, 5) is 12.0. The maximum atomic E-state index is 12.0. The number of amides is 1. The number of nitrogens with zero attached hydrogens (tertiary/aromatic N) is 1. The van der Waals surface area contributed by atoms with E-state index < -0.39 is 5.60 Å². The summed E-state index contributed by atoms with van der Waals surface area (Å²) >= 11 is 0. The third kappa shape index (κ3) is 4.76. The molecule has 1 aromatic carbocycles. The Morgan fingerprint density at radius 1 is 1.43 bits per heavy atom. The number of carbonyl (C=O) groups excluding carboxylic acids is 1. The lowest BCUT2D eigenvalue weighted by Crippen LogP contribution is -2.38. The molecule has 0 aromatic heterocycles. The van der Waals surface area contributed by atoms with Gasteiger partial charge in [-0.3, -0.25) is 4.79 Å². The van der Waals surface area contributed by atoms with E-state index >= 15 is 0 Å². The van der Waals surface area contributed by atoms with Gasteiger partial charge in [0.1, 0.15) is 17.4 Å². The Kier molecular flexibility index (Phi) is 5.74. The summed E-state index contributed by atoms with van der Waals surface area (Å²) in [5.41, 5.74) is 0.00170. The van der Waals surface area contributed by atoms with Gasteiger partial charge >= 0.3 is 0 Å². The van der Waals surface area contributed by atoms with Gasteiger partial charge in [-0.25, -0.2) is 0 Å². The van der Waals surface area contributed by atoms with Crippen molar-refractivity contribution in [2.24, 2.45) is 5.92 Å². The van der Waals surface area contributed by atoms with E-state index in [9.17, 15) is 10.1 Å². The van der Waals surface area contributed by atoms with Crippen LogP contribution in [0.15, 0.2) is 18.2 Å². The van der Waals surface area contributed by atoms with E-state index in [4.69, 9.17) is 9.47 Å². The molecule has 1 amide bonds. The van der Waals surface area contributed by atoms with Crippen molar-refractivity contribution < 1.29 is 14.3 Å². The second kappa shape index (κ2) is 7.09. The molecule has 0 saturated carbocycles. The first kappa shape index (κ1) is 17.0. The maximum Gasteiger partial charge on any atom is 0.256 e. The van der Waals surface area contributed by atoms with E-state index in [1.54, 1.807) is 32.0 Å². The molecule has 0 aliphatic heterocycles. The minimum Gasteiger partial charge on any atom is -0.492 e. The highest BCUT2D eigenvalue weighted by atomic mass is 16.5. The van der Waals surface area contributed by atoms with E-state index in [-0.39, 0.29) is 5.91 Å². The highest BCUT2D eigenvalue weighted by molar-refractivity contribution is 5.96. The molecule has 0 saturated heterocycles. The molecule has 0 aliphatic carbocycles. The van der Waals surface area contributed by atoms with Crippen molar-refractivity contribution in [2.75, 3.05) is 19.0 Å². The van der Waals surface area contributed by atoms with Gasteiger partial charge in [0.05, 0.1) is 12.2 Å². The van der Waals surface area contributed by atoms with Gasteiger partial charge in [-0.15, -0.1) is 0 Å². The number of nitriles is 1. The number of nitrogens with one attached hydrogen (secondary N) is 1. The van der Waals surface area contributed by atoms with E-state index in [1.807, 2.05) is 13.8 Å². The van der Waals surface area contributed by atoms with Crippen LogP contribution in [0, 0.1) is 17.2 Å². The Hall–Kier alpha value is -2.06. The molecule has 1 aromatic rings. The van der Waals surface area contributed by atoms with Gasteiger partial charge in [0.2, 0.25) is 0 Å². The molecule has 0 heterocycles. The number of hydrogen-bond acceptors (Lipinski definition) is 4. The Balaban J connectivity index is 2.88. The van der Waals surface area contributed by atoms with Gasteiger partial charge in [-0.2, -0.15) is 5.26 Å². The van der Waals surface area contributed by atoms with Crippen molar-refractivity contribution >= 4 is 11.6 Å². The van der Waals surface area contributed by atoms with Crippen LogP contribution in [0.5, 0.6) is 5.75 Å². The number of ether oxygens (including phenoxy) is 2. The lowest BCUT2D eigenvalue weighted by molar-refractivity contribution is -0.133. The average molecular weight is 290 g/mol. The van der Waals surface area contributed by atoms with Gasteiger partial charge in [0.15, 0.2) is 0 Å². The Morgan fingerprint density at radius 3 is 2.62 bits per heavy atom. The molecule has 21 heavy (non-hydrogen) atoms. The van der Waals surface area contributed by atoms with Crippen molar-refractivity contribution in [3.05, 3.63) is 23.8 Å². The topological polar surface area (TPSA) is 71.3 Å². The predicted molar refractivity (Wildman–Crippen MR) is 81.2 cm³/mol. The third-order valence-corrected chi connectivity index (χ3v) is 2.99. The van der Waals surface area contributed by atoms with Crippen LogP contribution in [-0.4, -0.2) is 25.2 Å². The van der Waals surface area contributed by atoms with Gasteiger partial charge < -0.3 is 14.8 Å². The molecule has 0 atom stereocenters. The zero-order valence-corrected chi connectivity index (χ0v) is 13.2. The maximum absolute atomic E-state index is 12.0. The molecule has 0 spiro atoms. The van der Waals surface area contributed by atoms with E-state index in [2.05, 4.69) is 11.4 Å². The molecule has 0 radical (unpaired) electrons. The zero-order valence-electron chi connectivity index (χ0n) is 13.2. The number of carbonyl (C=O) groups is 1. The smallest absolute Gasteiger partial charge is 0.256 e. The molecule has 1 N–H and O–H groups in total. The quantitative estimate of drug-likeness (QED) is 0.874. The largest absolute Gasteiger partial charge is 0.492 e. The normalized spacial score (nSPS) is 11.1. The van der Waals surface area contributed by atoms with Crippen LogP contribution < -0.4 is 10.1 Å². The minimum absolute atomic E-state index is 0.273. The standard InChI is InChI=1S/C16H22N2O3/c1-11(2)10-21-14-7-6-13(8-12(14)9-17)18-15(19)16(3,4)20-5/h6-8,11H,10H2,1-5H3,(H,18,19). The van der Waals surface area contributed by atoms with Crippen LogP contribution in [0.3, 0.4) is 0 Å². The monoisotopic (exact) mass is 290 g/mol. The van der Waals surface area contributed by atoms with Crippen LogP contribution in [0.25, 0.3) is 0 Å². The number of hydrogen-bond donors (Lipinski definition) is 1. The Labute approximate surface area is 125 Å². The third-order valence-electron chi connectivity index (χ3n) is 2.99. The summed E-state index contributed by atoms with van der Waals surface area (Å²) in [5.74, 6) is 0.623. The Bertz CT molecular complexity index is 545. The van der Waals surface area contributed by atoms with E-state index in [0.29, 0.717) is 29.5 Å². The summed E-state index contributed by atoms with van der Waals surface area (Å²) in [5, 5.41) is 11.9. The molecule has 0 aliphatic rings. The van der Waals surface area contributed by atoms with Crippen LogP contribution in [0.2, 0.25) is 0 Å².